The van der Waals surface area contributed by atoms with Crippen molar-refractivity contribution in [1.82, 2.24) is 20.2 Å². The number of nitrogens with zero attached hydrogens (tertiary/aromatic N) is 3. The number of benzene rings is 1. The number of hydrogen-bond donors (Lipinski definition) is 3. The van der Waals surface area contributed by atoms with E-state index in [1.54, 1.807) is 18.3 Å². The molecule has 2 heterocycles. The molecule has 9 heteroatoms. The van der Waals surface area contributed by atoms with E-state index in [1.165, 1.54) is 6.33 Å². The van der Waals surface area contributed by atoms with Crippen LogP contribution in [0.4, 0.5) is 11.5 Å². The lowest BCUT2D eigenvalue weighted by Crippen LogP contribution is -2.11. The van der Waals surface area contributed by atoms with Crippen molar-refractivity contribution in [2.45, 2.75) is 13.0 Å². The quantitative estimate of drug-likeness (QED) is 0.658. The molecule has 0 saturated heterocycles. The number of fused-ring (bicyclic) bond motifs is 1. The monoisotopic (exact) mass is 332 g/mol. The molecule has 120 valence electrons. The SMILES string of the molecule is CC(Nc1ncnc2[nH]ncc12)c1ccc(NS(C)(=O)=O)cc1. The van der Waals surface area contributed by atoms with Gasteiger partial charge in [0.05, 0.1) is 17.8 Å². The number of aromatic amines is 1. The standard InChI is InChI=1S/C14H16N6O2S/c1-9(10-3-5-11(6-4-10)20-23(2,21)22)18-13-12-7-17-19-14(12)16-8-15-13/h3-9,20H,1-2H3,(H2,15,16,17,18,19). The summed E-state index contributed by atoms with van der Waals surface area (Å²) < 4.78 is 24.9. The van der Waals surface area contributed by atoms with E-state index < -0.39 is 10.0 Å². The lowest BCUT2D eigenvalue weighted by Gasteiger charge is -2.15. The molecule has 3 aromatic rings. The highest BCUT2D eigenvalue weighted by Gasteiger charge is 2.11. The molecule has 8 nitrogen and oxygen atoms in total. The van der Waals surface area contributed by atoms with E-state index in [2.05, 4.69) is 30.2 Å². The van der Waals surface area contributed by atoms with Gasteiger partial charge < -0.3 is 5.32 Å². The maximum Gasteiger partial charge on any atom is 0.229 e. The zero-order valence-electron chi connectivity index (χ0n) is 12.6. The lowest BCUT2D eigenvalue weighted by molar-refractivity contribution is 0.607. The summed E-state index contributed by atoms with van der Waals surface area (Å²) in [5.74, 6) is 0.689. The summed E-state index contributed by atoms with van der Waals surface area (Å²) in [7, 11) is -3.27. The molecule has 0 fully saturated rings. The molecule has 0 aliphatic rings. The molecular weight excluding hydrogens is 316 g/mol. The van der Waals surface area contributed by atoms with Crippen molar-refractivity contribution in [3.05, 3.63) is 42.4 Å². The topological polar surface area (TPSA) is 113 Å². The first-order valence-corrected chi connectivity index (χ1v) is 8.80. The Morgan fingerprint density at radius 2 is 1.91 bits per heavy atom. The van der Waals surface area contributed by atoms with Crippen LogP contribution in [0.2, 0.25) is 0 Å². The van der Waals surface area contributed by atoms with Crippen LogP contribution in [0.15, 0.2) is 36.8 Å². The second-order valence-electron chi connectivity index (χ2n) is 5.22. The number of nitrogens with one attached hydrogen (secondary N) is 3. The molecular formula is C14H16N6O2S. The van der Waals surface area contributed by atoms with Crippen molar-refractivity contribution >= 4 is 32.6 Å². The normalized spacial score (nSPS) is 13.0. The maximum atomic E-state index is 11.2. The Kier molecular flexibility index (Phi) is 3.87. The maximum absolute atomic E-state index is 11.2. The number of H-pyrrole nitrogens is 1. The number of hydrogen-bond acceptors (Lipinski definition) is 6. The van der Waals surface area contributed by atoms with Crippen LogP contribution in [0, 0.1) is 0 Å². The third-order valence-corrected chi connectivity index (χ3v) is 3.92. The molecule has 3 rings (SSSR count). The van der Waals surface area contributed by atoms with Gasteiger partial charge in [-0.25, -0.2) is 18.4 Å². The lowest BCUT2D eigenvalue weighted by atomic mass is 10.1. The summed E-state index contributed by atoms with van der Waals surface area (Å²) >= 11 is 0. The second kappa shape index (κ2) is 5.84. The summed E-state index contributed by atoms with van der Waals surface area (Å²) in [5, 5.41) is 10.9. The molecule has 23 heavy (non-hydrogen) atoms. The van der Waals surface area contributed by atoms with Crippen molar-refractivity contribution in [2.75, 3.05) is 16.3 Å². The van der Waals surface area contributed by atoms with Gasteiger partial charge in [0, 0.05) is 11.7 Å². The van der Waals surface area contributed by atoms with Crippen LogP contribution in [-0.2, 0) is 10.0 Å². The fourth-order valence-electron chi connectivity index (χ4n) is 2.22. The van der Waals surface area contributed by atoms with E-state index in [1.807, 2.05) is 19.1 Å². The largest absolute Gasteiger partial charge is 0.363 e. The summed E-state index contributed by atoms with van der Waals surface area (Å²) in [6.45, 7) is 1.99. The number of sulfonamides is 1. The highest BCUT2D eigenvalue weighted by Crippen LogP contribution is 2.23. The molecule has 2 aromatic heterocycles. The van der Waals surface area contributed by atoms with Gasteiger partial charge in [0.25, 0.3) is 0 Å². The van der Waals surface area contributed by atoms with Crippen LogP contribution < -0.4 is 10.0 Å². The molecule has 0 radical (unpaired) electrons. The van der Waals surface area contributed by atoms with Crippen molar-refractivity contribution in [1.29, 1.82) is 0 Å². The Labute approximate surface area is 133 Å². The average molecular weight is 332 g/mol. The molecule has 0 aliphatic heterocycles. The van der Waals surface area contributed by atoms with E-state index in [-0.39, 0.29) is 6.04 Å². The van der Waals surface area contributed by atoms with Gasteiger partial charge in [-0.15, -0.1) is 0 Å². The third kappa shape index (κ3) is 3.57. The van der Waals surface area contributed by atoms with Gasteiger partial charge in [0.2, 0.25) is 10.0 Å². The molecule has 1 unspecified atom stereocenters. The minimum Gasteiger partial charge on any atom is -0.363 e. The molecule has 1 aromatic carbocycles. The molecule has 0 bridgehead atoms. The molecule has 0 amide bonds. The van der Waals surface area contributed by atoms with E-state index >= 15 is 0 Å². The van der Waals surface area contributed by atoms with Crippen LogP contribution in [0.1, 0.15) is 18.5 Å². The smallest absolute Gasteiger partial charge is 0.229 e. The molecule has 0 aliphatic carbocycles. The van der Waals surface area contributed by atoms with Gasteiger partial charge >= 0.3 is 0 Å². The molecule has 3 N–H and O–H groups in total. The van der Waals surface area contributed by atoms with Crippen molar-refractivity contribution in [3.8, 4) is 0 Å². The van der Waals surface area contributed by atoms with Gasteiger partial charge in [-0.2, -0.15) is 5.10 Å². The van der Waals surface area contributed by atoms with Gasteiger partial charge in [0.15, 0.2) is 5.65 Å². The second-order valence-corrected chi connectivity index (χ2v) is 6.97. The summed E-state index contributed by atoms with van der Waals surface area (Å²) in [6.07, 6.45) is 4.26. The van der Waals surface area contributed by atoms with Gasteiger partial charge in [-0.1, -0.05) is 12.1 Å². The van der Waals surface area contributed by atoms with Gasteiger partial charge in [0.1, 0.15) is 12.1 Å². The van der Waals surface area contributed by atoms with E-state index in [9.17, 15) is 8.42 Å². The Balaban J connectivity index is 1.78. The van der Waals surface area contributed by atoms with Gasteiger partial charge in [-0.05, 0) is 24.6 Å². The third-order valence-electron chi connectivity index (χ3n) is 3.32. The number of anilines is 2. The summed E-state index contributed by atoms with van der Waals surface area (Å²) in [6, 6.07) is 7.15. The fraction of sp³-hybridized carbons (Fsp3) is 0.214. The summed E-state index contributed by atoms with van der Waals surface area (Å²) in [5.41, 5.74) is 2.20. The Bertz CT molecular complexity index is 920. The molecule has 1 atom stereocenters. The zero-order chi connectivity index (χ0) is 16.4. The predicted molar refractivity (Wildman–Crippen MR) is 88.6 cm³/mol. The first kappa shape index (κ1) is 15.2. The highest BCUT2D eigenvalue weighted by atomic mass is 32.2. The van der Waals surface area contributed by atoms with Crippen molar-refractivity contribution in [2.24, 2.45) is 0 Å². The first-order chi connectivity index (χ1) is 10.9. The Morgan fingerprint density at radius 3 is 2.61 bits per heavy atom. The fourth-order valence-corrected chi connectivity index (χ4v) is 2.79. The average Bonchev–Trinajstić information content (AvgIpc) is 2.96. The minimum atomic E-state index is -3.27. The van der Waals surface area contributed by atoms with E-state index in [0.717, 1.165) is 17.2 Å². The van der Waals surface area contributed by atoms with Crippen LogP contribution in [0.5, 0.6) is 0 Å². The first-order valence-electron chi connectivity index (χ1n) is 6.91. The minimum absolute atomic E-state index is 0.0183. The Hall–Kier alpha value is -2.68. The van der Waals surface area contributed by atoms with Gasteiger partial charge in [-0.3, -0.25) is 9.82 Å². The zero-order valence-corrected chi connectivity index (χ0v) is 13.4. The van der Waals surface area contributed by atoms with Crippen LogP contribution >= 0.6 is 0 Å². The van der Waals surface area contributed by atoms with Crippen LogP contribution in [0.3, 0.4) is 0 Å². The number of aromatic nitrogens is 4. The molecule has 0 saturated carbocycles. The molecule has 0 spiro atoms. The number of rotatable bonds is 5. The van der Waals surface area contributed by atoms with Crippen LogP contribution in [-0.4, -0.2) is 34.8 Å². The van der Waals surface area contributed by atoms with Crippen LogP contribution in [0.25, 0.3) is 11.0 Å². The van der Waals surface area contributed by atoms with Crippen molar-refractivity contribution in [3.63, 3.8) is 0 Å². The predicted octanol–water partition coefficient (Wildman–Crippen LogP) is 1.90. The highest BCUT2D eigenvalue weighted by molar-refractivity contribution is 7.92. The summed E-state index contributed by atoms with van der Waals surface area (Å²) in [4.78, 5) is 8.33. The van der Waals surface area contributed by atoms with E-state index in [4.69, 9.17) is 0 Å². The Morgan fingerprint density at radius 1 is 1.17 bits per heavy atom. The van der Waals surface area contributed by atoms with Crippen molar-refractivity contribution < 1.29 is 8.42 Å². The van der Waals surface area contributed by atoms with E-state index in [0.29, 0.717) is 17.2 Å².